The van der Waals surface area contributed by atoms with Gasteiger partial charge >= 0.3 is 0 Å². The Balaban J connectivity index is 1.96. The molecule has 1 fully saturated rings. The maximum absolute atomic E-state index is 6.22. The topological polar surface area (TPSA) is 21.3 Å². The van der Waals surface area contributed by atoms with Crippen molar-refractivity contribution in [1.82, 2.24) is 0 Å². The summed E-state index contributed by atoms with van der Waals surface area (Å²) in [6.07, 6.45) is 4.84. The Bertz CT molecular complexity index is 397. The van der Waals surface area contributed by atoms with E-state index in [1.54, 1.807) is 0 Å². The van der Waals surface area contributed by atoms with Crippen molar-refractivity contribution in [2.75, 3.05) is 11.9 Å². The molecule has 18 heavy (non-hydrogen) atoms. The van der Waals surface area contributed by atoms with Gasteiger partial charge in [-0.2, -0.15) is 0 Å². The highest BCUT2D eigenvalue weighted by Crippen LogP contribution is 2.28. The molecule has 0 aromatic heterocycles. The number of anilines is 1. The van der Waals surface area contributed by atoms with Gasteiger partial charge in [0.25, 0.3) is 0 Å². The molecule has 4 heteroatoms. The van der Waals surface area contributed by atoms with Gasteiger partial charge in [0.15, 0.2) is 0 Å². The third-order valence-electron chi connectivity index (χ3n) is 3.27. The van der Waals surface area contributed by atoms with E-state index in [0.717, 1.165) is 41.1 Å². The maximum Gasteiger partial charge on any atom is 0.0648 e. The summed E-state index contributed by atoms with van der Waals surface area (Å²) in [7, 11) is 0. The van der Waals surface area contributed by atoms with Crippen LogP contribution in [0.5, 0.6) is 0 Å². The number of hydrogen-bond donors (Lipinski definition) is 1. The Morgan fingerprint density at radius 3 is 3.06 bits per heavy atom. The van der Waals surface area contributed by atoms with Gasteiger partial charge in [0.1, 0.15) is 0 Å². The summed E-state index contributed by atoms with van der Waals surface area (Å²) in [4.78, 5) is 0. The van der Waals surface area contributed by atoms with E-state index in [1.807, 2.05) is 18.2 Å². The number of hydrogen-bond acceptors (Lipinski definition) is 2. The number of nitrogens with one attached hydrogen (secondary N) is 1. The van der Waals surface area contributed by atoms with Gasteiger partial charge < -0.3 is 10.1 Å². The molecule has 0 spiro atoms. The fourth-order valence-electron chi connectivity index (χ4n) is 2.36. The highest BCUT2D eigenvalue weighted by Gasteiger charge is 2.22. The molecule has 1 saturated heterocycles. The Kier molecular flexibility index (Phi) is 5.34. The van der Waals surface area contributed by atoms with E-state index >= 15 is 0 Å². The normalized spacial score (nSPS) is 23.9. The van der Waals surface area contributed by atoms with Crippen molar-refractivity contribution in [3.63, 3.8) is 0 Å². The highest BCUT2D eigenvalue weighted by atomic mass is 79.9. The van der Waals surface area contributed by atoms with Crippen LogP contribution in [-0.2, 0) is 4.74 Å². The molecule has 1 aliphatic rings. The predicted octanol–water partition coefficient (Wildman–Crippen LogP) is 4.86. The second-order valence-corrected chi connectivity index (χ2v) is 6.09. The summed E-state index contributed by atoms with van der Waals surface area (Å²) >= 11 is 9.64. The van der Waals surface area contributed by atoms with Crippen LogP contribution >= 0.6 is 27.5 Å². The Labute approximate surface area is 122 Å². The number of benzene rings is 1. The van der Waals surface area contributed by atoms with Gasteiger partial charge in [0, 0.05) is 17.1 Å². The molecular weight excluding hydrogens is 314 g/mol. The Hall–Kier alpha value is -0.250. The molecule has 0 radical (unpaired) electrons. The largest absolute Gasteiger partial charge is 0.381 e. The van der Waals surface area contributed by atoms with Crippen LogP contribution in [0, 0.1) is 0 Å². The van der Waals surface area contributed by atoms with Crippen molar-refractivity contribution in [3.05, 3.63) is 27.7 Å². The van der Waals surface area contributed by atoms with E-state index in [9.17, 15) is 0 Å². The second kappa shape index (κ2) is 6.78. The first kappa shape index (κ1) is 14.2. The van der Waals surface area contributed by atoms with Crippen LogP contribution in [-0.4, -0.2) is 18.8 Å². The summed E-state index contributed by atoms with van der Waals surface area (Å²) in [6.45, 7) is 3.04. The van der Waals surface area contributed by atoms with Gasteiger partial charge in [0.2, 0.25) is 0 Å². The van der Waals surface area contributed by atoms with Crippen molar-refractivity contribution in [1.29, 1.82) is 0 Å². The van der Waals surface area contributed by atoms with E-state index in [-0.39, 0.29) is 0 Å². The standard InChI is InChI=1S/C14H19BrClNO/c1-2-3-12-9-11(6-7-18-12)17-14-5-4-10(15)8-13(14)16/h4-5,8,11-12,17H,2-3,6-7,9H2,1H3. The van der Waals surface area contributed by atoms with Crippen LogP contribution in [0.2, 0.25) is 5.02 Å². The smallest absolute Gasteiger partial charge is 0.0648 e. The fraction of sp³-hybridized carbons (Fsp3) is 0.571. The third kappa shape index (κ3) is 3.87. The van der Waals surface area contributed by atoms with Crippen LogP contribution in [0.1, 0.15) is 32.6 Å². The van der Waals surface area contributed by atoms with E-state index in [0.29, 0.717) is 12.1 Å². The zero-order chi connectivity index (χ0) is 13.0. The van der Waals surface area contributed by atoms with Crippen LogP contribution in [0.4, 0.5) is 5.69 Å². The number of rotatable bonds is 4. The molecule has 0 saturated carbocycles. The van der Waals surface area contributed by atoms with Gasteiger partial charge in [-0.1, -0.05) is 40.9 Å². The van der Waals surface area contributed by atoms with Crippen molar-refractivity contribution in [2.45, 2.75) is 44.8 Å². The summed E-state index contributed by atoms with van der Waals surface area (Å²) in [5, 5.41) is 4.30. The summed E-state index contributed by atoms with van der Waals surface area (Å²) in [5.74, 6) is 0. The van der Waals surface area contributed by atoms with E-state index in [2.05, 4.69) is 28.2 Å². The lowest BCUT2D eigenvalue weighted by molar-refractivity contribution is 0.00598. The molecule has 0 aliphatic carbocycles. The fourth-order valence-corrected chi connectivity index (χ4v) is 3.09. The molecule has 1 aromatic rings. The van der Waals surface area contributed by atoms with E-state index in [1.165, 1.54) is 6.42 Å². The van der Waals surface area contributed by atoms with Crippen molar-refractivity contribution in [2.24, 2.45) is 0 Å². The predicted molar refractivity (Wildman–Crippen MR) is 80.4 cm³/mol. The lowest BCUT2D eigenvalue weighted by Gasteiger charge is -2.31. The average Bonchev–Trinajstić information content (AvgIpc) is 2.34. The summed E-state index contributed by atoms with van der Waals surface area (Å²) in [5.41, 5.74) is 1.02. The van der Waals surface area contributed by atoms with Gasteiger partial charge in [-0.15, -0.1) is 0 Å². The van der Waals surface area contributed by atoms with Crippen molar-refractivity contribution >= 4 is 33.2 Å². The zero-order valence-corrected chi connectivity index (χ0v) is 12.9. The molecule has 2 rings (SSSR count). The van der Waals surface area contributed by atoms with E-state index < -0.39 is 0 Å². The lowest BCUT2D eigenvalue weighted by atomic mass is 10.00. The molecule has 1 aliphatic heterocycles. The molecule has 100 valence electrons. The molecular formula is C14H19BrClNO. The van der Waals surface area contributed by atoms with Gasteiger partial charge in [-0.05, 0) is 37.5 Å². The van der Waals surface area contributed by atoms with Crippen LogP contribution in [0.25, 0.3) is 0 Å². The molecule has 1 N–H and O–H groups in total. The second-order valence-electron chi connectivity index (χ2n) is 4.77. The highest BCUT2D eigenvalue weighted by molar-refractivity contribution is 9.10. The van der Waals surface area contributed by atoms with E-state index in [4.69, 9.17) is 16.3 Å². The Morgan fingerprint density at radius 1 is 1.50 bits per heavy atom. The SMILES string of the molecule is CCCC1CC(Nc2ccc(Br)cc2Cl)CCO1. The molecule has 2 unspecified atom stereocenters. The third-order valence-corrected chi connectivity index (χ3v) is 4.07. The zero-order valence-electron chi connectivity index (χ0n) is 10.6. The quantitative estimate of drug-likeness (QED) is 0.850. The lowest BCUT2D eigenvalue weighted by Crippen LogP contribution is -2.34. The van der Waals surface area contributed by atoms with Crippen LogP contribution in [0.15, 0.2) is 22.7 Å². The number of halogens is 2. The van der Waals surface area contributed by atoms with Crippen molar-refractivity contribution < 1.29 is 4.74 Å². The number of ether oxygens (including phenoxy) is 1. The Morgan fingerprint density at radius 2 is 2.33 bits per heavy atom. The average molecular weight is 333 g/mol. The van der Waals surface area contributed by atoms with Crippen molar-refractivity contribution in [3.8, 4) is 0 Å². The minimum absolute atomic E-state index is 0.399. The first-order valence-corrected chi connectivity index (χ1v) is 7.69. The van der Waals surface area contributed by atoms with Gasteiger partial charge in [-0.3, -0.25) is 0 Å². The first-order chi connectivity index (χ1) is 8.69. The summed E-state index contributed by atoms with van der Waals surface area (Å²) < 4.78 is 6.76. The molecule has 1 aromatic carbocycles. The monoisotopic (exact) mass is 331 g/mol. The molecule has 0 amide bonds. The van der Waals surface area contributed by atoms with Crippen LogP contribution in [0.3, 0.4) is 0 Å². The minimum Gasteiger partial charge on any atom is -0.381 e. The minimum atomic E-state index is 0.399. The molecule has 2 atom stereocenters. The van der Waals surface area contributed by atoms with Gasteiger partial charge in [-0.25, -0.2) is 0 Å². The molecule has 0 bridgehead atoms. The van der Waals surface area contributed by atoms with Crippen LogP contribution < -0.4 is 5.32 Å². The maximum atomic E-state index is 6.22. The van der Waals surface area contributed by atoms with Gasteiger partial charge in [0.05, 0.1) is 16.8 Å². The molecule has 1 heterocycles. The summed E-state index contributed by atoms with van der Waals surface area (Å²) in [6, 6.07) is 6.43. The first-order valence-electron chi connectivity index (χ1n) is 6.52. The molecule has 2 nitrogen and oxygen atoms in total.